The number of nitrogens with two attached hydrogens (primary N) is 1. The van der Waals surface area contributed by atoms with Gasteiger partial charge < -0.3 is 15.7 Å². The maximum Gasteiger partial charge on any atom is 0.267 e. The molecule has 6 aliphatic rings. The van der Waals surface area contributed by atoms with E-state index in [0.29, 0.717) is 35.4 Å². The summed E-state index contributed by atoms with van der Waals surface area (Å²) in [5.74, 6) is 2.34. The van der Waals surface area contributed by atoms with Gasteiger partial charge in [-0.1, -0.05) is 6.07 Å². The van der Waals surface area contributed by atoms with Crippen LogP contribution >= 0.6 is 0 Å². The van der Waals surface area contributed by atoms with E-state index in [1.165, 1.54) is 25.7 Å². The number of carbonyl (C=O) groups excluding carboxylic acids is 1. The van der Waals surface area contributed by atoms with Crippen LogP contribution in [0.3, 0.4) is 0 Å². The van der Waals surface area contributed by atoms with Crippen LogP contribution in [-0.2, 0) is 0 Å². The zero-order valence-corrected chi connectivity index (χ0v) is 18.0. The summed E-state index contributed by atoms with van der Waals surface area (Å²) in [4.78, 5) is 22.3. The van der Waals surface area contributed by atoms with Crippen LogP contribution in [0.15, 0.2) is 12.1 Å². The van der Waals surface area contributed by atoms with Crippen molar-refractivity contribution in [1.82, 2.24) is 9.88 Å². The Labute approximate surface area is 178 Å². The van der Waals surface area contributed by atoms with Crippen molar-refractivity contribution in [3.8, 4) is 0 Å². The Morgan fingerprint density at radius 2 is 1.90 bits per heavy atom. The summed E-state index contributed by atoms with van der Waals surface area (Å²) in [5.41, 5.74) is 6.89. The highest BCUT2D eigenvalue weighted by atomic mass is 16.3. The molecule has 6 heteroatoms. The van der Waals surface area contributed by atoms with E-state index in [1.807, 2.05) is 0 Å². The molecule has 2 unspecified atom stereocenters. The Balaban J connectivity index is 1.29. The van der Waals surface area contributed by atoms with Crippen LogP contribution in [0, 0.1) is 17.8 Å². The van der Waals surface area contributed by atoms with Gasteiger partial charge in [-0.3, -0.25) is 9.69 Å². The number of piperazine rings is 1. The number of pyridine rings is 1. The maximum atomic E-state index is 12.5. The van der Waals surface area contributed by atoms with E-state index in [4.69, 9.17) is 10.7 Å². The van der Waals surface area contributed by atoms with Crippen molar-refractivity contribution in [2.45, 2.75) is 75.5 Å². The Morgan fingerprint density at radius 3 is 2.50 bits per heavy atom. The average Bonchev–Trinajstić information content (AvgIpc) is 3.52. The highest BCUT2D eigenvalue weighted by molar-refractivity contribution is 5.93. The predicted molar refractivity (Wildman–Crippen MR) is 115 cm³/mol. The largest absolute Gasteiger partial charge is 0.390 e. The Hall–Kier alpha value is -1.66. The minimum Gasteiger partial charge on any atom is -0.390 e. The zero-order chi connectivity index (χ0) is 20.6. The summed E-state index contributed by atoms with van der Waals surface area (Å²) in [7, 11) is 0. The van der Waals surface area contributed by atoms with Gasteiger partial charge in [-0.15, -0.1) is 0 Å². The Bertz CT molecular complexity index is 853. The molecule has 7 rings (SSSR count). The van der Waals surface area contributed by atoms with Gasteiger partial charge in [0.15, 0.2) is 0 Å². The van der Waals surface area contributed by atoms with E-state index in [0.717, 1.165) is 56.3 Å². The third-order valence-electron chi connectivity index (χ3n) is 8.76. The molecule has 0 aromatic carbocycles. The first-order chi connectivity index (χ1) is 14.4. The lowest BCUT2D eigenvalue weighted by atomic mass is 9.49. The van der Waals surface area contributed by atoms with Gasteiger partial charge in [-0.05, 0) is 87.2 Å². The lowest BCUT2D eigenvalue weighted by molar-refractivity contribution is -0.134. The molecule has 1 amide bonds. The number of rotatable bonds is 4. The summed E-state index contributed by atoms with van der Waals surface area (Å²) in [6.07, 6.45) is 7.72. The van der Waals surface area contributed by atoms with E-state index in [-0.39, 0.29) is 0 Å². The maximum absolute atomic E-state index is 12.5. The molecule has 3 atom stereocenters. The van der Waals surface area contributed by atoms with Gasteiger partial charge in [0.2, 0.25) is 0 Å². The number of aromatic nitrogens is 1. The van der Waals surface area contributed by atoms with Gasteiger partial charge in [0, 0.05) is 31.7 Å². The number of anilines is 1. The van der Waals surface area contributed by atoms with Crippen LogP contribution in [0.2, 0.25) is 0 Å². The molecule has 2 heterocycles. The SMILES string of the molecule is C[C@@H]1CN(C2CC2)CCN1c1ccc(C2C3CC4CC2CC(O)(C4)C3)c(C(N)=O)n1. The molecule has 1 aromatic rings. The number of amides is 1. The van der Waals surface area contributed by atoms with Crippen LogP contribution in [-0.4, -0.2) is 58.2 Å². The smallest absolute Gasteiger partial charge is 0.267 e. The second kappa shape index (κ2) is 6.67. The van der Waals surface area contributed by atoms with Crippen molar-refractivity contribution in [3.63, 3.8) is 0 Å². The lowest BCUT2D eigenvalue weighted by Crippen LogP contribution is -2.54. The van der Waals surface area contributed by atoms with Gasteiger partial charge in [-0.25, -0.2) is 4.98 Å². The fourth-order valence-electron chi connectivity index (χ4n) is 7.67. The number of primary amides is 1. The molecular formula is C24H34N4O2. The molecule has 0 radical (unpaired) electrons. The monoisotopic (exact) mass is 410 g/mol. The average molecular weight is 411 g/mol. The van der Waals surface area contributed by atoms with E-state index in [9.17, 15) is 9.90 Å². The number of aliphatic hydroxyl groups is 1. The molecule has 5 aliphatic carbocycles. The predicted octanol–water partition coefficient (Wildman–Crippen LogP) is 2.51. The molecule has 6 nitrogen and oxygen atoms in total. The van der Waals surface area contributed by atoms with E-state index in [2.05, 4.69) is 28.9 Å². The summed E-state index contributed by atoms with van der Waals surface area (Å²) in [6.45, 7) is 5.34. The van der Waals surface area contributed by atoms with Crippen molar-refractivity contribution >= 4 is 11.7 Å². The zero-order valence-electron chi connectivity index (χ0n) is 18.0. The first kappa shape index (κ1) is 19.1. The second-order valence-electron chi connectivity index (χ2n) is 11.0. The quantitative estimate of drug-likeness (QED) is 0.797. The highest BCUT2D eigenvalue weighted by Gasteiger charge is 2.55. The minimum atomic E-state index is -0.468. The molecular weight excluding hydrogens is 376 g/mol. The Kier molecular flexibility index (Phi) is 4.24. The van der Waals surface area contributed by atoms with Crippen LogP contribution < -0.4 is 10.6 Å². The third-order valence-corrected chi connectivity index (χ3v) is 8.76. The number of nitrogens with zero attached hydrogens (tertiary/aromatic N) is 3. The summed E-state index contributed by atoms with van der Waals surface area (Å²) < 4.78 is 0. The fraction of sp³-hybridized carbons (Fsp3) is 0.750. The van der Waals surface area contributed by atoms with Gasteiger partial charge in [-0.2, -0.15) is 0 Å². The molecule has 6 fully saturated rings. The third kappa shape index (κ3) is 3.06. The van der Waals surface area contributed by atoms with Gasteiger partial charge >= 0.3 is 0 Å². The summed E-state index contributed by atoms with van der Waals surface area (Å²) >= 11 is 0. The lowest BCUT2D eigenvalue weighted by Gasteiger charge is -2.58. The summed E-state index contributed by atoms with van der Waals surface area (Å²) in [6, 6.07) is 5.43. The van der Waals surface area contributed by atoms with E-state index in [1.54, 1.807) is 0 Å². The fourth-order valence-corrected chi connectivity index (χ4v) is 7.67. The molecule has 0 spiro atoms. The van der Waals surface area contributed by atoms with Crippen molar-refractivity contribution in [3.05, 3.63) is 23.4 Å². The van der Waals surface area contributed by atoms with E-state index < -0.39 is 11.5 Å². The molecule has 1 aliphatic heterocycles. The number of hydrogen-bond acceptors (Lipinski definition) is 5. The van der Waals surface area contributed by atoms with Gasteiger partial charge in [0.05, 0.1) is 5.60 Å². The Morgan fingerprint density at radius 1 is 1.17 bits per heavy atom. The topological polar surface area (TPSA) is 82.7 Å². The molecule has 1 aromatic heterocycles. The van der Waals surface area contributed by atoms with Crippen LogP contribution in [0.4, 0.5) is 5.82 Å². The molecule has 3 N–H and O–H groups in total. The van der Waals surface area contributed by atoms with Crippen molar-refractivity contribution in [2.75, 3.05) is 24.5 Å². The van der Waals surface area contributed by atoms with Gasteiger partial charge in [0.1, 0.15) is 11.5 Å². The summed E-state index contributed by atoms with van der Waals surface area (Å²) in [5, 5.41) is 10.9. The van der Waals surface area contributed by atoms with Crippen LogP contribution in [0.1, 0.15) is 73.8 Å². The first-order valence-electron chi connectivity index (χ1n) is 11.9. The minimum absolute atomic E-state index is 0.315. The molecule has 5 saturated carbocycles. The standard InChI is InChI=1S/C24H34N4O2/c1-14-13-27(18-2-3-18)6-7-28(14)20-5-4-19(22(26-20)23(25)29)21-16-8-15-9-17(21)12-24(30,10-15)11-16/h4-5,14-18,21,30H,2-3,6-13H2,1H3,(H2,25,29)/t14-,15?,16?,17?,21?,24?/m1/s1. The first-order valence-corrected chi connectivity index (χ1v) is 11.9. The molecule has 162 valence electrons. The van der Waals surface area contributed by atoms with Gasteiger partial charge in [0.25, 0.3) is 5.91 Å². The van der Waals surface area contributed by atoms with Crippen molar-refractivity contribution in [2.24, 2.45) is 23.5 Å². The molecule has 30 heavy (non-hydrogen) atoms. The highest BCUT2D eigenvalue weighted by Crippen LogP contribution is 2.61. The van der Waals surface area contributed by atoms with Crippen LogP contribution in [0.25, 0.3) is 0 Å². The normalized spacial score (nSPS) is 40.7. The van der Waals surface area contributed by atoms with Crippen molar-refractivity contribution in [1.29, 1.82) is 0 Å². The number of hydrogen-bond donors (Lipinski definition) is 2. The van der Waals surface area contributed by atoms with Crippen LogP contribution in [0.5, 0.6) is 0 Å². The van der Waals surface area contributed by atoms with Crippen molar-refractivity contribution < 1.29 is 9.90 Å². The molecule has 4 bridgehead atoms. The molecule has 1 saturated heterocycles. The van der Waals surface area contributed by atoms with E-state index >= 15 is 0 Å². The number of carbonyl (C=O) groups is 1. The second-order valence-corrected chi connectivity index (χ2v) is 11.0.